The minimum absolute atomic E-state index is 0.000963. The van der Waals surface area contributed by atoms with Crippen molar-refractivity contribution in [3.8, 4) is 0 Å². The number of hydrogen-bond donors (Lipinski definition) is 0. The first kappa shape index (κ1) is 35.4. The Bertz CT molecular complexity index is 2800. The zero-order chi connectivity index (χ0) is 39.4. The molecule has 10 rings (SSSR count). The van der Waals surface area contributed by atoms with Crippen molar-refractivity contribution in [3.05, 3.63) is 174 Å². The molecule has 2 aliphatic heterocycles. The lowest BCUT2D eigenvalue weighted by Crippen LogP contribution is -2.64. The first-order chi connectivity index (χ1) is 27.3. The Kier molecular flexibility index (Phi) is 7.77. The average molecular weight is 741 g/mol. The number of anilines is 6. The van der Waals surface area contributed by atoms with Crippen LogP contribution < -0.4 is 26.2 Å². The lowest BCUT2D eigenvalue weighted by molar-refractivity contribution is 0.588. The van der Waals surface area contributed by atoms with Crippen molar-refractivity contribution < 1.29 is 4.42 Å². The first-order valence-electron chi connectivity index (χ1n) is 20.4. The molecular weight excluding hydrogens is 691 g/mol. The van der Waals surface area contributed by atoms with E-state index in [0.29, 0.717) is 0 Å². The summed E-state index contributed by atoms with van der Waals surface area (Å²) in [4.78, 5) is 4.94. The predicted molar refractivity (Wildman–Crippen MR) is 244 cm³/mol. The number of nitrogens with zero attached hydrogens (tertiary/aromatic N) is 2. The zero-order valence-electron chi connectivity index (χ0n) is 34.3. The number of hydrogen-bond acceptors (Lipinski definition) is 3. The van der Waals surface area contributed by atoms with Gasteiger partial charge in [-0.15, -0.1) is 0 Å². The molecule has 0 atom stereocenters. The van der Waals surface area contributed by atoms with Crippen LogP contribution in [0.5, 0.6) is 0 Å². The summed E-state index contributed by atoms with van der Waals surface area (Å²) in [6.45, 7) is 18.7. The molecule has 0 unspecified atom stereocenters. The van der Waals surface area contributed by atoms with Gasteiger partial charge in [-0.05, 0) is 98.6 Å². The fourth-order valence-corrected chi connectivity index (χ4v) is 9.57. The highest BCUT2D eigenvalue weighted by Crippen LogP contribution is 2.49. The second kappa shape index (κ2) is 12.5. The van der Waals surface area contributed by atoms with Gasteiger partial charge in [0, 0.05) is 44.6 Å². The molecule has 0 radical (unpaired) electrons. The molecule has 57 heavy (non-hydrogen) atoms. The van der Waals surface area contributed by atoms with Crippen LogP contribution >= 0.6 is 0 Å². The standard InChI is InChI=1S/C53H49BN2O/c1-51(2,3)34-23-26-38(27-24-34)56-46-33-39(55(36-17-11-9-12-18-36)37-19-13-10-14-20-37)32-43-48(46)54(45-31-35(52(4,5)6)25-29-42(45)53(43,7)8)44-30-28-41-40-21-15-16-22-47(40)57-50(41)49(44)56/h9-33H,1-8H3. The summed E-state index contributed by atoms with van der Waals surface area (Å²) in [7, 11) is 0. The molecule has 8 aromatic rings. The Morgan fingerprint density at radius 1 is 0.544 bits per heavy atom. The molecule has 0 saturated carbocycles. The lowest BCUT2D eigenvalue weighted by atomic mass is 9.30. The van der Waals surface area contributed by atoms with Gasteiger partial charge in [0.1, 0.15) is 5.58 Å². The van der Waals surface area contributed by atoms with Crippen molar-refractivity contribution in [2.24, 2.45) is 0 Å². The van der Waals surface area contributed by atoms with E-state index in [2.05, 4.69) is 217 Å². The van der Waals surface area contributed by atoms with E-state index in [1.54, 1.807) is 0 Å². The van der Waals surface area contributed by atoms with Crippen LogP contribution in [0.25, 0.3) is 21.9 Å². The van der Waals surface area contributed by atoms with Gasteiger partial charge in [0.25, 0.3) is 0 Å². The SMILES string of the molecule is CC(C)(C)c1ccc(N2c3cc(N(c4ccccc4)c4ccccc4)cc4c3B(c3cc(C(C)(C)C)ccc3C4(C)C)c3ccc4c(oc5ccccc54)c32)cc1. The van der Waals surface area contributed by atoms with E-state index in [9.17, 15) is 0 Å². The topological polar surface area (TPSA) is 19.6 Å². The van der Waals surface area contributed by atoms with Gasteiger partial charge in [-0.25, -0.2) is 0 Å². The summed E-state index contributed by atoms with van der Waals surface area (Å²) in [5.74, 6) is 0. The van der Waals surface area contributed by atoms with Crippen LogP contribution in [-0.4, -0.2) is 6.71 Å². The number of fused-ring (bicyclic) bond motifs is 8. The molecule has 0 saturated heterocycles. The van der Waals surface area contributed by atoms with Gasteiger partial charge < -0.3 is 14.2 Å². The molecule has 3 nitrogen and oxygen atoms in total. The minimum atomic E-state index is -0.288. The fraction of sp³-hybridized carbons (Fsp3) is 0.208. The summed E-state index contributed by atoms with van der Waals surface area (Å²) in [6, 6.07) is 56.3. The Morgan fingerprint density at radius 3 is 1.81 bits per heavy atom. The number of para-hydroxylation sites is 3. The van der Waals surface area contributed by atoms with Gasteiger partial charge in [-0.2, -0.15) is 0 Å². The van der Waals surface area contributed by atoms with Crippen LogP contribution in [0.4, 0.5) is 34.1 Å². The van der Waals surface area contributed by atoms with Gasteiger partial charge in [-0.1, -0.05) is 158 Å². The second-order valence-electron chi connectivity index (χ2n) is 18.7. The van der Waals surface area contributed by atoms with Gasteiger partial charge in [0.15, 0.2) is 5.58 Å². The minimum Gasteiger partial charge on any atom is -0.454 e. The molecule has 2 aliphatic rings. The van der Waals surface area contributed by atoms with E-state index in [1.807, 2.05) is 0 Å². The normalized spacial score (nSPS) is 14.4. The largest absolute Gasteiger partial charge is 0.454 e. The van der Waals surface area contributed by atoms with E-state index in [-0.39, 0.29) is 23.0 Å². The zero-order valence-corrected chi connectivity index (χ0v) is 34.3. The quantitative estimate of drug-likeness (QED) is 0.168. The Hall–Kier alpha value is -6.00. The summed E-state index contributed by atoms with van der Waals surface area (Å²) >= 11 is 0. The maximum absolute atomic E-state index is 7.01. The Morgan fingerprint density at radius 2 is 1.16 bits per heavy atom. The van der Waals surface area contributed by atoms with E-state index < -0.39 is 0 Å². The maximum Gasteiger partial charge on any atom is 0.247 e. The summed E-state index contributed by atoms with van der Waals surface area (Å²) in [5.41, 5.74) is 17.8. The van der Waals surface area contributed by atoms with Crippen molar-refractivity contribution in [1.82, 2.24) is 0 Å². The highest BCUT2D eigenvalue weighted by Gasteiger charge is 2.48. The van der Waals surface area contributed by atoms with Crippen molar-refractivity contribution in [2.45, 2.75) is 71.6 Å². The van der Waals surface area contributed by atoms with Crippen molar-refractivity contribution in [3.63, 3.8) is 0 Å². The van der Waals surface area contributed by atoms with Gasteiger partial charge in [0.05, 0.1) is 5.69 Å². The molecular formula is C53H49BN2O. The van der Waals surface area contributed by atoms with Crippen molar-refractivity contribution in [1.29, 1.82) is 0 Å². The molecule has 0 fully saturated rings. The molecule has 4 heteroatoms. The molecule has 280 valence electrons. The smallest absolute Gasteiger partial charge is 0.247 e. The molecule has 0 amide bonds. The third-order valence-corrected chi connectivity index (χ3v) is 12.6. The van der Waals surface area contributed by atoms with Crippen LogP contribution in [0.1, 0.15) is 77.6 Å². The number of furan rings is 1. The number of rotatable bonds is 4. The third kappa shape index (κ3) is 5.48. The summed E-state index contributed by atoms with van der Waals surface area (Å²) < 4.78 is 7.01. The van der Waals surface area contributed by atoms with E-state index in [1.165, 1.54) is 44.3 Å². The molecule has 3 heterocycles. The molecule has 0 bridgehead atoms. The molecule has 0 aliphatic carbocycles. The van der Waals surface area contributed by atoms with Crippen molar-refractivity contribution >= 4 is 79.2 Å². The van der Waals surface area contributed by atoms with E-state index >= 15 is 0 Å². The lowest BCUT2D eigenvalue weighted by Gasteiger charge is -2.46. The van der Waals surface area contributed by atoms with Crippen LogP contribution in [-0.2, 0) is 16.2 Å². The van der Waals surface area contributed by atoms with Crippen LogP contribution in [0.15, 0.2) is 156 Å². The average Bonchev–Trinajstić information content (AvgIpc) is 3.58. The monoisotopic (exact) mass is 740 g/mol. The van der Waals surface area contributed by atoms with Gasteiger partial charge in [0.2, 0.25) is 6.71 Å². The molecule has 0 N–H and O–H groups in total. The van der Waals surface area contributed by atoms with E-state index in [0.717, 1.165) is 50.4 Å². The van der Waals surface area contributed by atoms with Crippen LogP contribution in [0.2, 0.25) is 0 Å². The second-order valence-corrected chi connectivity index (χ2v) is 18.7. The number of benzene rings is 7. The van der Waals surface area contributed by atoms with Crippen molar-refractivity contribution in [2.75, 3.05) is 9.80 Å². The Balaban J connectivity index is 1.36. The molecule has 7 aromatic carbocycles. The first-order valence-corrected chi connectivity index (χ1v) is 20.4. The van der Waals surface area contributed by atoms with Crippen LogP contribution in [0.3, 0.4) is 0 Å². The predicted octanol–water partition coefficient (Wildman–Crippen LogP) is 12.6. The summed E-state index contributed by atoms with van der Waals surface area (Å²) in [5, 5.41) is 2.27. The molecule has 0 spiro atoms. The van der Waals surface area contributed by atoms with Gasteiger partial charge in [-0.3, -0.25) is 0 Å². The summed E-state index contributed by atoms with van der Waals surface area (Å²) in [6.07, 6.45) is 0. The Labute approximate surface area is 337 Å². The molecule has 1 aromatic heterocycles. The third-order valence-electron chi connectivity index (χ3n) is 12.6. The van der Waals surface area contributed by atoms with E-state index in [4.69, 9.17) is 4.42 Å². The highest BCUT2D eigenvalue weighted by atomic mass is 16.3. The van der Waals surface area contributed by atoms with Gasteiger partial charge >= 0.3 is 0 Å². The maximum atomic E-state index is 7.01. The fourth-order valence-electron chi connectivity index (χ4n) is 9.57. The van der Waals surface area contributed by atoms with Crippen LogP contribution in [0, 0.1) is 0 Å². The highest BCUT2D eigenvalue weighted by molar-refractivity contribution is 6.99.